The first-order valence-corrected chi connectivity index (χ1v) is 11.3. The first kappa shape index (κ1) is 23.2. The average molecular weight is 444 g/mol. The number of aromatic nitrogens is 1. The number of hydrogen-bond donors (Lipinski definition) is 2. The van der Waals surface area contributed by atoms with Gasteiger partial charge in [0.15, 0.2) is 0 Å². The quantitative estimate of drug-likeness (QED) is 0.671. The lowest BCUT2D eigenvalue weighted by atomic mass is 10.2. The normalized spacial score (nSPS) is 18.1. The van der Waals surface area contributed by atoms with E-state index in [0.29, 0.717) is 18.0 Å². The lowest BCUT2D eigenvalue weighted by Crippen LogP contribution is -2.56. The highest BCUT2D eigenvalue weighted by atomic mass is 32.2. The van der Waals surface area contributed by atoms with Gasteiger partial charge in [0.1, 0.15) is 17.6 Å². The predicted molar refractivity (Wildman–Crippen MR) is 108 cm³/mol. The molecule has 1 atom stereocenters. The molecule has 1 saturated heterocycles. The van der Waals surface area contributed by atoms with Crippen LogP contribution in [0.5, 0.6) is 5.75 Å². The zero-order valence-corrected chi connectivity index (χ0v) is 18.3. The molecule has 1 aliphatic heterocycles. The number of benzene rings is 1. The molecule has 2 aromatic rings. The lowest BCUT2D eigenvalue weighted by molar-refractivity contribution is -0.142. The van der Waals surface area contributed by atoms with E-state index in [1.54, 1.807) is 18.2 Å². The number of aliphatic carboxylic acids is 1. The minimum Gasteiger partial charge on any atom is -0.508 e. The molecule has 0 radical (unpaired) electrons. The first-order chi connectivity index (χ1) is 13.7. The minimum atomic E-state index is -4.00. The minimum absolute atomic E-state index is 0.0153. The molecule has 9 nitrogen and oxygen atoms in total. The van der Waals surface area contributed by atoms with Crippen LogP contribution in [0, 0.1) is 13.8 Å². The maximum atomic E-state index is 12.9. The van der Waals surface area contributed by atoms with Crippen molar-refractivity contribution in [3.8, 4) is 5.75 Å². The number of sulfonamides is 1. The number of rotatable bonds is 5. The Balaban J connectivity index is 0.00000145. The van der Waals surface area contributed by atoms with Gasteiger partial charge in [-0.15, -0.1) is 0 Å². The molecule has 1 aromatic carbocycles. The van der Waals surface area contributed by atoms with E-state index >= 15 is 0 Å². The van der Waals surface area contributed by atoms with E-state index in [9.17, 15) is 23.4 Å². The summed E-state index contributed by atoms with van der Waals surface area (Å²) in [6, 6.07) is 3.80. The SMILES string of the molecule is CC.Cc1noc(C)c1SN1CCN(S(=O)(=O)c2ccc(O)cc2)C(C(=O)O)C1. The van der Waals surface area contributed by atoms with Crippen molar-refractivity contribution in [1.82, 2.24) is 13.8 Å². The Labute approximate surface area is 174 Å². The topological polar surface area (TPSA) is 124 Å². The maximum absolute atomic E-state index is 12.9. The van der Waals surface area contributed by atoms with Crippen LogP contribution in [0.4, 0.5) is 0 Å². The van der Waals surface area contributed by atoms with Gasteiger partial charge in [-0.3, -0.25) is 4.79 Å². The number of carbonyl (C=O) groups is 1. The predicted octanol–water partition coefficient (Wildman–Crippen LogP) is 2.49. The summed E-state index contributed by atoms with van der Waals surface area (Å²) < 4.78 is 33.7. The number of aromatic hydroxyl groups is 1. The zero-order valence-electron chi connectivity index (χ0n) is 16.7. The molecule has 1 aliphatic rings. The number of carboxylic acids is 1. The number of phenolic OH excluding ortho intramolecular Hbond substituents is 1. The largest absolute Gasteiger partial charge is 0.508 e. The number of piperazine rings is 1. The van der Waals surface area contributed by atoms with E-state index in [-0.39, 0.29) is 23.7 Å². The van der Waals surface area contributed by atoms with Crippen molar-refractivity contribution in [2.45, 2.75) is 43.5 Å². The number of phenols is 1. The molecule has 0 saturated carbocycles. The summed E-state index contributed by atoms with van der Waals surface area (Å²) in [5.74, 6) is -0.658. The van der Waals surface area contributed by atoms with Gasteiger partial charge in [0.05, 0.1) is 15.5 Å². The Morgan fingerprint density at radius 1 is 1.21 bits per heavy atom. The number of aryl methyl sites for hydroxylation is 2. The molecule has 2 N–H and O–H groups in total. The standard InChI is InChI=1S/C16H19N3O6S2.C2H6/c1-10-15(11(2)25-17-10)26-18-7-8-19(14(9-18)16(21)22)27(23,24)13-5-3-12(20)4-6-13;1-2/h3-6,14,20H,7-9H2,1-2H3,(H,21,22);1-2H3. The van der Waals surface area contributed by atoms with Gasteiger partial charge in [-0.2, -0.15) is 4.31 Å². The highest BCUT2D eigenvalue weighted by Gasteiger charge is 2.40. The summed E-state index contributed by atoms with van der Waals surface area (Å²) in [4.78, 5) is 12.5. The second-order valence-electron chi connectivity index (χ2n) is 6.10. The second kappa shape index (κ2) is 9.61. The van der Waals surface area contributed by atoms with E-state index in [1.165, 1.54) is 36.2 Å². The van der Waals surface area contributed by atoms with Crippen molar-refractivity contribution >= 4 is 27.9 Å². The Bertz CT molecular complexity index is 924. The molecule has 0 aliphatic carbocycles. The van der Waals surface area contributed by atoms with Gasteiger partial charge < -0.3 is 14.7 Å². The summed E-state index contributed by atoms with van der Waals surface area (Å²) in [6.45, 7) is 7.94. The molecule has 0 amide bonds. The fourth-order valence-electron chi connectivity index (χ4n) is 2.80. The van der Waals surface area contributed by atoms with Gasteiger partial charge in [-0.05, 0) is 50.1 Å². The van der Waals surface area contributed by atoms with Crippen LogP contribution in [0.15, 0.2) is 38.6 Å². The van der Waals surface area contributed by atoms with Crippen molar-refractivity contribution in [2.24, 2.45) is 0 Å². The van der Waals surface area contributed by atoms with Crippen molar-refractivity contribution < 1.29 is 27.9 Å². The van der Waals surface area contributed by atoms with Crippen LogP contribution in [0.25, 0.3) is 0 Å². The van der Waals surface area contributed by atoms with Crippen molar-refractivity contribution in [1.29, 1.82) is 0 Å². The molecule has 160 valence electrons. The molecule has 29 heavy (non-hydrogen) atoms. The molecule has 11 heteroatoms. The fraction of sp³-hybridized carbons (Fsp3) is 0.444. The Kier molecular flexibility index (Phi) is 7.69. The molecular weight excluding hydrogens is 418 g/mol. The molecule has 1 aromatic heterocycles. The van der Waals surface area contributed by atoms with Crippen LogP contribution in [-0.2, 0) is 14.8 Å². The Hall–Kier alpha value is -2.08. The monoisotopic (exact) mass is 443 g/mol. The molecule has 0 bridgehead atoms. The third-order valence-electron chi connectivity index (χ3n) is 4.21. The van der Waals surface area contributed by atoms with E-state index in [4.69, 9.17) is 4.52 Å². The summed E-state index contributed by atoms with van der Waals surface area (Å²) >= 11 is 1.32. The van der Waals surface area contributed by atoms with Gasteiger partial charge >= 0.3 is 5.97 Å². The van der Waals surface area contributed by atoms with Gasteiger partial charge in [-0.1, -0.05) is 19.0 Å². The highest BCUT2D eigenvalue weighted by Crippen LogP contribution is 2.32. The molecule has 3 rings (SSSR count). The fourth-order valence-corrected chi connectivity index (χ4v) is 5.35. The van der Waals surface area contributed by atoms with Gasteiger partial charge in [0.2, 0.25) is 10.0 Å². The van der Waals surface area contributed by atoms with Gasteiger partial charge in [-0.25, -0.2) is 12.7 Å². The lowest BCUT2D eigenvalue weighted by Gasteiger charge is -2.37. The van der Waals surface area contributed by atoms with Crippen LogP contribution in [0.3, 0.4) is 0 Å². The summed E-state index contributed by atoms with van der Waals surface area (Å²) in [7, 11) is -4.00. The zero-order chi connectivity index (χ0) is 21.8. The van der Waals surface area contributed by atoms with Crippen molar-refractivity contribution in [3.63, 3.8) is 0 Å². The van der Waals surface area contributed by atoms with E-state index in [1.807, 2.05) is 13.8 Å². The van der Waals surface area contributed by atoms with Crippen molar-refractivity contribution in [2.75, 3.05) is 19.6 Å². The number of nitrogens with zero attached hydrogens (tertiary/aromatic N) is 3. The van der Waals surface area contributed by atoms with Crippen LogP contribution in [0.1, 0.15) is 25.3 Å². The smallest absolute Gasteiger partial charge is 0.323 e. The Morgan fingerprint density at radius 2 is 1.83 bits per heavy atom. The third-order valence-corrected chi connectivity index (χ3v) is 7.49. The Morgan fingerprint density at radius 3 is 2.34 bits per heavy atom. The molecule has 1 fully saturated rings. The van der Waals surface area contributed by atoms with E-state index in [2.05, 4.69) is 5.16 Å². The summed E-state index contributed by atoms with van der Waals surface area (Å²) in [5, 5.41) is 22.8. The van der Waals surface area contributed by atoms with E-state index < -0.39 is 22.0 Å². The number of hydrogen-bond acceptors (Lipinski definition) is 8. The molecule has 0 spiro atoms. The van der Waals surface area contributed by atoms with Crippen LogP contribution < -0.4 is 0 Å². The van der Waals surface area contributed by atoms with E-state index in [0.717, 1.165) is 9.20 Å². The average Bonchev–Trinajstić information content (AvgIpc) is 3.01. The van der Waals surface area contributed by atoms with Crippen LogP contribution in [-0.4, -0.2) is 64.0 Å². The van der Waals surface area contributed by atoms with Gasteiger partial charge in [0, 0.05) is 19.6 Å². The van der Waals surface area contributed by atoms with Gasteiger partial charge in [0.25, 0.3) is 0 Å². The molecular formula is C18H25N3O6S2. The maximum Gasteiger partial charge on any atom is 0.323 e. The van der Waals surface area contributed by atoms with Crippen LogP contribution >= 0.6 is 11.9 Å². The highest BCUT2D eigenvalue weighted by molar-refractivity contribution is 7.97. The van der Waals surface area contributed by atoms with Crippen LogP contribution in [0.2, 0.25) is 0 Å². The third kappa shape index (κ3) is 5.10. The van der Waals surface area contributed by atoms with Crippen molar-refractivity contribution in [3.05, 3.63) is 35.7 Å². The molecule has 1 unspecified atom stereocenters. The number of carboxylic acid groups (broad SMARTS) is 1. The first-order valence-electron chi connectivity index (χ1n) is 9.09. The molecule has 2 heterocycles. The summed E-state index contributed by atoms with van der Waals surface area (Å²) in [5.41, 5.74) is 0.698. The second-order valence-corrected chi connectivity index (χ2v) is 9.09. The summed E-state index contributed by atoms with van der Waals surface area (Å²) in [6.07, 6.45) is 0.